The maximum atomic E-state index is 11.8. The van der Waals surface area contributed by atoms with E-state index in [0.29, 0.717) is 16.9 Å². The number of hydroxylamine groups is 1. The second kappa shape index (κ2) is 7.06. The van der Waals surface area contributed by atoms with Crippen LogP contribution in [0.25, 0.3) is 0 Å². The van der Waals surface area contributed by atoms with Gasteiger partial charge in [-0.25, -0.2) is 10.3 Å². The maximum Gasteiger partial charge on any atom is 0.323 e. The third-order valence-corrected chi connectivity index (χ3v) is 2.63. The molecule has 2 aromatic rings. The van der Waals surface area contributed by atoms with Gasteiger partial charge in [-0.2, -0.15) is 0 Å². The summed E-state index contributed by atoms with van der Waals surface area (Å²) in [6.45, 7) is 0. The van der Waals surface area contributed by atoms with Crippen molar-refractivity contribution < 1.29 is 14.4 Å². The van der Waals surface area contributed by atoms with Crippen molar-refractivity contribution in [3.8, 4) is 0 Å². The van der Waals surface area contributed by atoms with Gasteiger partial charge in [0.2, 0.25) is 0 Å². The highest BCUT2D eigenvalue weighted by molar-refractivity contribution is 6.00. The molecule has 0 saturated heterocycles. The summed E-state index contributed by atoms with van der Waals surface area (Å²) < 4.78 is 0. The van der Waals surface area contributed by atoms with Crippen molar-refractivity contribution in [2.45, 2.75) is 0 Å². The molecule has 0 aliphatic heterocycles. The average Bonchev–Trinajstić information content (AvgIpc) is 2.49. The third-order valence-electron chi connectivity index (χ3n) is 2.63. The fourth-order valence-corrected chi connectivity index (χ4v) is 1.67. The standard InChI is InChI=1S/C15H15N3O3/c1-21-18-14(19)11-7-9-13(10-8-11)17-15(20)16-12-5-3-2-4-6-12/h2-10H,1H3,(H,18,19)(H2,16,17,20). The van der Waals surface area contributed by atoms with E-state index >= 15 is 0 Å². The predicted molar refractivity (Wildman–Crippen MR) is 80.0 cm³/mol. The largest absolute Gasteiger partial charge is 0.323 e. The van der Waals surface area contributed by atoms with Crippen molar-refractivity contribution in [2.24, 2.45) is 0 Å². The predicted octanol–water partition coefficient (Wildman–Crippen LogP) is 2.62. The van der Waals surface area contributed by atoms with Crippen LogP contribution >= 0.6 is 0 Å². The quantitative estimate of drug-likeness (QED) is 0.755. The molecule has 0 radical (unpaired) electrons. The van der Waals surface area contributed by atoms with Crippen LogP contribution < -0.4 is 16.1 Å². The molecule has 2 rings (SSSR count). The molecule has 0 spiro atoms. The minimum Gasteiger partial charge on any atom is -0.308 e. The lowest BCUT2D eigenvalue weighted by atomic mass is 10.2. The Labute approximate surface area is 122 Å². The molecule has 0 atom stereocenters. The zero-order valence-corrected chi connectivity index (χ0v) is 11.4. The highest BCUT2D eigenvalue weighted by Crippen LogP contribution is 2.11. The molecule has 21 heavy (non-hydrogen) atoms. The molecule has 3 N–H and O–H groups in total. The van der Waals surface area contributed by atoms with Crippen LogP contribution in [0.3, 0.4) is 0 Å². The number of hydrogen-bond acceptors (Lipinski definition) is 3. The Kier molecular flexibility index (Phi) is 4.89. The number of nitrogens with one attached hydrogen (secondary N) is 3. The summed E-state index contributed by atoms with van der Waals surface area (Å²) in [6.07, 6.45) is 0. The average molecular weight is 285 g/mol. The number of para-hydroxylation sites is 1. The molecule has 6 nitrogen and oxygen atoms in total. The summed E-state index contributed by atoms with van der Waals surface area (Å²) in [6, 6.07) is 15.2. The number of hydrogen-bond donors (Lipinski definition) is 3. The van der Waals surface area contributed by atoms with Crippen molar-refractivity contribution in [3.63, 3.8) is 0 Å². The molecule has 6 heteroatoms. The maximum absolute atomic E-state index is 11.8. The molecule has 0 aliphatic rings. The Hall–Kier alpha value is -2.86. The Bertz CT molecular complexity index is 612. The Morgan fingerprint density at radius 1 is 0.857 bits per heavy atom. The first kappa shape index (κ1) is 14.5. The van der Waals surface area contributed by atoms with E-state index in [1.54, 1.807) is 36.4 Å². The van der Waals surface area contributed by atoms with E-state index in [4.69, 9.17) is 0 Å². The number of rotatable bonds is 4. The molecular weight excluding hydrogens is 270 g/mol. The number of anilines is 2. The molecule has 108 valence electrons. The van der Waals surface area contributed by atoms with E-state index in [1.165, 1.54) is 7.11 Å². The van der Waals surface area contributed by atoms with Gasteiger partial charge < -0.3 is 10.6 Å². The number of amides is 3. The monoisotopic (exact) mass is 285 g/mol. The fourth-order valence-electron chi connectivity index (χ4n) is 1.67. The summed E-state index contributed by atoms with van der Waals surface area (Å²) in [5.74, 6) is -0.349. The lowest BCUT2D eigenvalue weighted by Gasteiger charge is -2.08. The van der Waals surface area contributed by atoms with Gasteiger partial charge in [-0.05, 0) is 36.4 Å². The minimum atomic E-state index is -0.352. The van der Waals surface area contributed by atoms with Gasteiger partial charge in [0.1, 0.15) is 0 Å². The zero-order valence-electron chi connectivity index (χ0n) is 11.4. The fraction of sp³-hybridized carbons (Fsp3) is 0.0667. The minimum absolute atomic E-state index is 0.349. The number of urea groups is 1. The molecule has 0 fully saturated rings. The Morgan fingerprint density at radius 2 is 1.43 bits per heavy atom. The number of carbonyl (C=O) groups excluding carboxylic acids is 2. The van der Waals surface area contributed by atoms with E-state index in [2.05, 4.69) is 21.0 Å². The number of benzene rings is 2. The van der Waals surface area contributed by atoms with Crippen molar-refractivity contribution in [1.29, 1.82) is 0 Å². The molecule has 0 saturated carbocycles. The smallest absolute Gasteiger partial charge is 0.308 e. The topological polar surface area (TPSA) is 79.5 Å². The number of carbonyl (C=O) groups is 2. The first-order chi connectivity index (χ1) is 10.2. The molecule has 0 bridgehead atoms. The van der Waals surface area contributed by atoms with Gasteiger partial charge in [-0.1, -0.05) is 18.2 Å². The summed E-state index contributed by atoms with van der Waals surface area (Å²) in [5, 5.41) is 5.37. The van der Waals surface area contributed by atoms with Crippen LogP contribution in [0.5, 0.6) is 0 Å². The van der Waals surface area contributed by atoms with Crippen molar-refractivity contribution in [3.05, 3.63) is 60.2 Å². The SMILES string of the molecule is CONC(=O)c1ccc(NC(=O)Nc2ccccc2)cc1. The van der Waals surface area contributed by atoms with Gasteiger partial charge in [0.15, 0.2) is 0 Å². The van der Waals surface area contributed by atoms with Gasteiger partial charge in [0, 0.05) is 16.9 Å². The van der Waals surface area contributed by atoms with E-state index in [1.807, 2.05) is 18.2 Å². The van der Waals surface area contributed by atoms with E-state index in [9.17, 15) is 9.59 Å². The van der Waals surface area contributed by atoms with Crippen LogP contribution in [0.1, 0.15) is 10.4 Å². The van der Waals surface area contributed by atoms with E-state index in [-0.39, 0.29) is 11.9 Å². The summed E-state index contributed by atoms with van der Waals surface area (Å²) in [4.78, 5) is 27.8. The highest BCUT2D eigenvalue weighted by atomic mass is 16.6. The van der Waals surface area contributed by atoms with Gasteiger partial charge in [0.05, 0.1) is 7.11 Å². The molecule has 3 amide bonds. The van der Waals surface area contributed by atoms with Gasteiger partial charge in [0.25, 0.3) is 5.91 Å². The molecular formula is C15H15N3O3. The van der Waals surface area contributed by atoms with E-state index < -0.39 is 0 Å². The molecule has 0 aromatic heterocycles. The summed E-state index contributed by atoms with van der Waals surface area (Å²) >= 11 is 0. The first-order valence-corrected chi connectivity index (χ1v) is 6.25. The molecule has 0 aliphatic carbocycles. The highest BCUT2D eigenvalue weighted by Gasteiger charge is 2.06. The summed E-state index contributed by atoms with van der Waals surface area (Å²) in [7, 11) is 1.36. The lowest BCUT2D eigenvalue weighted by Crippen LogP contribution is -2.22. The van der Waals surface area contributed by atoms with E-state index in [0.717, 1.165) is 0 Å². The van der Waals surface area contributed by atoms with Crippen LogP contribution in [0, 0.1) is 0 Å². The van der Waals surface area contributed by atoms with Gasteiger partial charge in [-0.15, -0.1) is 0 Å². The second-order valence-electron chi connectivity index (χ2n) is 4.16. The van der Waals surface area contributed by atoms with Crippen LogP contribution in [0.2, 0.25) is 0 Å². The third kappa shape index (κ3) is 4.32. The van der Waals surface area contributed by atoms with Crippen LogP contribution in [0.15, 0.2) is 54.6 Å². The second-order valence-corrected chi connectivity index (χ2v) is 4.16. The Morgan fingerprint density at radius 3 is 2.00 bits per heavy atom. The molecule has 2 aromatic carbocycles. The first-order valence-electron chi connectivity index (χ1n) is 6.25. The van der Waals surface area contributed by atoms with Crippen LogP contribution in [-0.4, -0.2) is 19.0 Å². The van der Waals surface area contributed by atoms with Crippen molar-refractivity contribution in [2.75, 3.05) is 17.7 Å². The lowest BCUT2D eigenvalue weighted by molar-refractivity contribution is 0.0537. The summed E-state index contributed by atoms with van der Waals surface area (Å²) in [5.41, 5.74) is 3.93. The van der Waals surface area contributed by atoms with Crippen molar-refractivity contribution in [1.82, 2.24) is 5.48 Å². The molecule has 0 heterocycles. The van der Waals surface area contributed by atoms with Crippen molar-refractivity contribution >= 4 is 23.3 Å². The molecule has 0 unspecified atom stereocenters. The van der Waals surface area contributed by atoms with Crippen LogP contribution in [0.4, 0.5) is 16.2 Å². The normalized spacial score (nSPS) is 9.76. The van der Waals surface area contributed by atoms with Crippen LogP contribution in [-0.2, 0) is 4.84 Å². The zero-order chi connectivity index (χ0) is 15.1. The van der Waals surface area contributed by atoms with Gasteiger partial charge in [-0.3, -0.25) is 9.63 Å². The Balaban J connectivity index is 1.94. The van der Waals surface area contributed by atoms with Gasteiger partial charge >= 0.3 is 6.03 Å².